The predicted molar refractivity (Wildman–Crippen MR) is 73.5 cm³/mol. The summed E-state index contributed by atoms with van der Waals surface area (Å²) in [5, 5.41) is 11.0. The lowest BCUT2D eigenvalue weighted by Crippen LogP contribution is -2.32. The van der Waals surface area contributed by atoms with Crippen LogP contribution in [0.4, 0.5) is 4.39 Å². The Morgan fingerprint density at radius 1 is 1.45 bits per heavy atom. The molecule has 0 aliphatic heterocycles. The molecule has 6 heteroatoms. The first-order valence-electron chi connectivity index (χ1n) is 6.01. The Morgan fingerprint density at radius 2 is 2.15 bits per heavy atom. The van der Waals surface area contributed by atoms with Crippen LogP contribution in [0.25, 0.3) is 6.08 Å². The molecular weight excluding hydrogens is 263 g/mol. The summed E-state index contributed by atoms with van der Waals surface area (Å²) >= 11 is 0. The first-order chi connectivity index (χ1) is 9.42. The van der Waals surface area contributed by atoms with Crippen LogP contribution in [-0.4, -0.2) is 42.5 Å². The molecular formula is C14H17FN2O3. The van der Waals surface area contributed by atoms with Crippen LogP contribution in [-0.2, 0) is 16.1 Å². The SMILES string of the molecule is CNC(=O)CN(C)Cc1ccc(C=CC(=O)O)cc1F. The summed E-state index contributed by atoms with van der Waals surface area (Å²) in [6.07, 6.45) is 2.27. The van der Waals surface area contributed by atoms with Crippen LogP contribution in [0.15, 0.2) is 24.3 Å². The quantitative estimate of drug-likeness (QED) is 0.766. The first kappa shape index (κ1) is 15.8. The molecule has 0 atom stereocenters. The maximum absolute atomic E-state index is 13.8. The highest BCUT2D eigenvalue weighted by molar-refractivity contribution is 5.85. The molecule has 2 N–H and O–H groups in total. The van der Waals surface area contributed by atoms with E-state index in [1.807, 2.05) is 0 Å². The molecule has 0 radical (unpaired) electrons. The maximum Gasteiger partial charge on any atom is 0.328 e. The first-order valence-corrected chi connectivity index (χ1v) is 6.01. The van der Waals surface area contributed by atoms with Crippen molar-refractivity contribution in [2.24, 2.45) is 0 Å². The number of benzene rings is 1. The van der Waals surface area contributed by atoms with Crippen molar-refractivity contribution >= 4 is 18.0 Å². The largest absolute Gasteiger partial charge is 0.478 e. The molecule has 0 bridgehead atoms. The van der Waals surface area contributed by atoms with Crippen LogP contribution in [0.2, 0.25) is 0 Å². The van der Waals surface area contributed by atoms with Crippen LogP contribution in [0, 0.1) is 5.82 Å². The molecule has 1 aromatic rings. The van der Waals surface area contributed by atoms with Crippen molar-refractivity contribution in [1.29, 1.82) is 0 Å². The normalized spacial score (nSPS) is 11.0. The number of nitrogens with zero attached hydrogens (tertiary/aromatic N) is 1. The Hall–Kier alpha value is -2.21. The van der Waals surface area contributed by atoms with Gasteiger partial charge in [-0.05, 0) is 24.8 Å². The number of rotatable bonds is 6. The van der Waals surface area contributed by atoms with Gasteiger partial charge in [0.25, 0.3) is 0 Å². The fourth-order valence-electron chi connectivity index (χ4n) is 1.63. The van der Waals surface area contributed by atoms with Crippen molar-refractivity contribution in [1.82, 2.24) is 10.2 Å². The topological polar surface area (TPSA) is 69.6 Å². The number of carbonyl (C=O) groups is 2. The van der Waals surface area contributed by atoms with E-state index in [0.29, 0.717) is 17.7 Å². The maximum atomic E-state index is 13.8. The van der Waals surface area contributed by atoms with Crippen molar-refractivity contribution in [3.63, 3.8) is 0 Å². The van der Waals surface area contributed by atoms with Crippen molar-refractivity contribution in [2.75, 3.05) is 20.6 Å². The smallest absolute Gasteiger partial charge is 0.328 e. The zero-order valence-electron chi connectivity index (χ0n) is 11.4. The fourth-order valence-corrected chi connectivity index (χ4v) is 1.63. The minimum atomic E-state index is -1.08. The van der Waals surface area contributed by atoms with Crippen molar-refractivity contribution in [3.8, 4) is 0 Å². The molecule has 20 heavy (non-hydrogen) atoms. The molecule has 1 aromatic carbocycles. The molecule has 108 valence electrons. The van der Waals surface area contributed by atoms with Gasteiger partial charge in [-0.1, -0.05) is 12.1 Å². The molecule has 0 spiro atoms. The van der Waals surface area contributed by atoms with Crippen molar-refractivity contribution < 1.29 is 19.1 Å². The number of aliphatic carboxylic acids is 1. The third-order valence-corrected chi connectivity index (χ3v) is 2.63. The van der Waals surface area contributed by atoms with Gasteiger partial charge in [0.2, 0.25) is 5.91 Å². The number of carboxylic acid groups (broad SMARTS) is 1. The zero-order valence-corrected chi connectivity index (χ0v) is 11.4. The average Bonchev–Trinajstić information content (AvgIpc) is 2.38. The monoisotopic (exact) mass is 280 g/mol. The Bertz CT molecular complexity index is 529. The van der Waals surface area contributed by atoms with E-state index in [0.717, 1.165) is 6.08 Å². The van der Waals surface area contributed by atoms with Gasteiger partial charge < -0.3 is 10.4 Å². The summed E-state index contributed by atoms with van der Waals surface area (Å²) in [6.45, 7) is 0.471. The van der Waals surface area contributed by atoms with Crippen LogP contribution in [0.5, 0.6) is 0 Å². The summed E-state index contributed by atoms with van der Waals surface area (Å²) < 4.78 is 13.8. The van der Waals surface area contributed by atoms with Gasteiger partial charge in [0.15, 0.2) is 0 Å². The van der Waals surface area contributed by atoms with Crippen LogP contribution in [0.1, 0.15) is 11.1 Å². The zero-order chi connectivity index (χ0) is 15.1. The standard InChI is InChI=1S/C14H17FN2O3/c1-16-13(18)9-17(2)8-11-5-3-10(7-12(11)15)4-6-14(19)20/h3-7H,8-9H2,1-2H3,(H,16,18)(H,19,20). The fraction of sp³-hybridized carbons (Fsp3) is 0.286. The molecule has 0 aliphatic rings. The number of amides is 1. The van der Waals surface area contributed by atoms with Gasteiger partial charge in [-0.15, -0.1) is 0 Å². The van der Waals surface area contributed by atoms with E-state index in [1.54, 1.807) is 31.1 Å². The van der Waals surface area contributed by atoms with Crippen molar-refractivity contribution in [3.05, 3.63) is 41.2 Å². The summed E-state index contributed by atoms with van der Waals surface area (Å²) in [7, 11) is 3.26. The van der Waals surface area contributed by atoms with E-state index < -0.39 is 11.8 Å². The number of hydrogen-bond acceptors (Lipinski definition) is 3. The second kappa shape index (κ2) is 7.40. The predicted octanol–water partition coefficient (Wildman–Crippen LogP) is 1.10. The second-order valence-electron chi connectivity index (χ2n) is 4.37. The highest BCUT2D eigenvalue weighted by Crippen LogP contribution is 2.13. The molecule has 0 fully saturated rings. The molecule has 0 aliphatic carbocycles. The number of carbonyl (C=O) groups excluding carboxylic acids is 1. The van der Waals surface area contributed by atoms with Gasteiger partial charge in [0, 0.05) is 25.2 Å². The molecule has 5 nitrogen and oxygen atoms in total. The highest BCUT2D eigenvalue weighted by atomic mass is 19.1. The minimum absolute atomic E-state index is 0.145. The molecule has 1 amide bonds. The number of carboxylic acids is 1. The number of halogens is 1. The second-order valence-corrected chi connectivity index (χ2v) is 4.37. The van der Waals surface area contributed by atoms with E-state index in [9.17, 15) is 14.0 Å². The summed E-state index contributed by atoms with van der Waals surface area (Å²) in [5.74, 6) is -1.66. The number of likely N-dealkylation sites (N-methyl/N-ethyl adjacent to an activating group) is 2. The van der Waals surface area contributed by atoms with Gasteiger partial charge in [-0.3, -0.25) is 9.69 Å². The lowest BCUT2D eigenvalue weighted by Gasteiger charge is -2.16. The Kier molecular flexibility index (Phi) is 5.86. The molecule has 0 aromatic heterocycles. The molecule has 0 saturated carbocycles. The molecule has 0 saturated heterocycles. The van der Waals surface area contributed by atoms with E-state index in [-0.39, 0.29) is 12.5 Å². The third kappa shape index (κ3) is 5.19. The van der Waals surface area contributed by atoms with Gasteiger partial charge in [-0.25, -0.2) is 9.18 Å². The lowest BCUT2D eigenvalue weighted by molar-refractivity contribution is -0.131. The van der Waals surface area contributed by atoms with Crippen molar-refractivity contribution in [2.45, 2.75) is 6.54 Å². The number of nitrogens with one attached hydrogen (secondary N) is 1. The Labute approximate surface area is 116 Å². The summed E-state index contributed by atoms with van der Waals surface area (Å²) in [6, 6.07) is 4.48. The van der Waals surface area contributed by atoms with Crippen LogP contribution >= 0.6 is 0 Å². The summed E-state index contributed by atoms with van der Waals surface area (Å²) in [4.78, 5) is 23.2. The lowest BCUT2D eigenvalue weighted by atomic mass is 10.1. The van der Waals surface area contributed by atoms with E-state index in [4.69, 9.17) is 5.11 Å². The molecule has 1 rings (SSSR count). The summed E-state index contributed by atoms with van der Waals surface area (Å²) in [5.41, 5.74) is 0.923. The van der Waals surface area contributed by atoms with Crippen LogP contribution < -0.4 is 5.32 Å². The minimum Gasteiger partial charge on any atom is -0.478 e. The average molecular weight is 280 g/mol. The molecule has 0 heterocycles. The van der Waals surface area contributed by atoms with E-state index in [1.165, 1.54) is 12.1 Å². The van der Waals surface area contributed by atoms with E-state index >= 15 is 0 Å². The van der Waals surface area contributed by atoms with Gasteiger partial charge in [0.05, 0.1) is 6.54 Å². The van der Waals surface area contributed by atoms with Gasteiger partial charge in [-0.2, -0.15) is 0 Å². The molecule has 0 unspecified atom stereocenters. The highest BCUT2D eigenvalue weighted by Gasteiger charge is 2.09. The van der Waals surface area contributed by atoms with E-state index in [2.05, 4.69) is 5.32 Å². The Morgan fingerprint density at radius 3 is 2.70 bits per heavy atom. The van der Waals surface area contributed by atoms with Gasteiger partial charge in [0.1, 0.15) is 5.82 Å². The third-order valence-electron chi connectivity index (χ3n) is 2.63. The van der Waals surface area contributed by atoms with Crippen LogP contribution in [0.3, 0.4) is 0 Å². The number of hydrogen-bond donors (Lipinski definition) is 2. The Balaban J connectivity index is 2.73. The van der Waals surface area contributed by atoms with Gasteiger partial charge >= 0.3 is 5.97 Å².